The fourth-order valence-corrected chi connectivity index (χ4v) is 2.15. The molecule has 0 aliphatic heterocycles. The maximum atomic E-state index is 10.6. The number of aliphatic carboxylic acids is 1. The summed E-state index contributed by atoms with van der Waals surface area (Å²) in [6, 6.07) is -0.405. The third kappa shape index (κ3) is 6.90. The molecular formula is C9H19NO2S. The quantitative estimate of drug-likeness (QED) is 0.617. The summed E-state index contributed by atoms with van der Waals surface area (Å²) >= 11 is 1.70. The summed E-state index contributed by atoms with van der Waals surface area (Å²) in [7, 11) is 1.68. The highest BCUT2D eigenvalue weighted by Crippen LogP contribution is 2.09. The van der Waals surface area contributed by atoms with Crippen LogP contribution in [0.15, 0.2) is 0 Å². The van der Waals surface area contributed by atoms with E-state index in [2.05, 4.69) is 19.2 Å². The first-order valence-corrected chi connectivity index (χ1v) is 5.71. The summed E-state index contributed by atoms with van der Waals surface area (Å²) in [6.45, 7) is 4.35. The lowest BCUT2D eigenvalue weighted by Gasteiger charge is -2.10. The molecule has 78 valence electrons. The van der Waals surface area contributed by atoms with Crippen molar-refractivity contribution in [1.29, 1.82) is 0 Å². The van der Waals surface area contributed by atoms with Crippen LogP contribution in [0.5, 0.6) is 0 Å². The molecule has 0 amide bonds. The first kappa shape index (κ1) is 12.8. The Bertz CT molecular complexity index is 151. The second-order valence-corrected chi connectivity index (χ2v) is 4.59. The van der Waals surface area contributed by atoms with E-state index in [1.54, 1.807) is 18.8 Å². The number of thioether (sulfide) groups is 1. The van der Waals surface area contributed by atoms with E-state index in [0.29, 0.717) is 11.7 Å². The van der Waals surface area contributed by atoms with Gasteiger partial charge >= 0.3 is 5.97 Å². The van der Waals surface area contributed by atoms with Gasteiger partial charge in [0.15, 0.2) is 0 Å². The fraction of sp³-hybridized carbons (Fsp3) is 0.889. The lowest BCUT2D eigenvalue weighted by Crippen LogP contribution is -2.36. The molecule has 4 heteroatoms. The van der Waals surface area contributed by atoms with Crippen molar-refractivity contribution in [2.24, 2.45) is 5.92 Å². The van der Waals surface area contributed by atoms with Crippen molar-refractivity contribution >= 4 is 17.7 Å². The molecule has 0 saturated heterocycles. The van der Waals surface area contributed by atoms with Gasteiger partial charge in [0.25, 0.3) is 0 Å². The van der Waals surface area contributed by atoms with Crippen molar-refractivity contribution in [3.63, 3.8) is 0 Å². The van der Waals surface area contributed by atoms with Crippen LogP contribution in [-0.2, 0) is 4.79 Å². The number of rotatable bonds is 7. The van der Waals surface area contributed by atoms with E-state index in [9.17, 15) is 4.79 Å². The first-order valence-electron chi connectivity index (χ1n) is 4.55. The SMILES string of the molecule is CNC(CSCCC(C)C)C(=O)O. The predicted octanol–water partition coefficient (Wildman–Crippen LogP) is 1.44. The molecule has 1 unspecified atom stereocenters. The number of carboxylic acid groups (broad SMARTS) is 1. The van der Waals surface area contributed by atoms with Gasteiger partial charge in [0.05, 0.1) is 0 Å². The summed E-state index contributed by atoms with van der Waals surface area (Å²) in [5, 5.41) is 11.5. The van der Waals surface area contributed by atoms with Gasteiger partial charge in [0.1, 0.15) is 6.04 Å². The molecule has 0 saturated carbocycles. The van der Waals surface area contributed by atoms with Crippen molar-refractivity contribution in [3.8, 4) is 0 Å². The normalized spacial score (nSPS) is 13.2. The summed E-state index contributed by atoms with van der Waals surface area (Å²) in [6.07, 6.45) is 1.15. The number of nitrogens with one attached hydrogen (secondary N) is 1. The topological polar surface area (TPSA) is 49.3 Å². The molecule has 0 heterocycles. The van der Waals surface area contributed by atoms with Crippen LogP contribution in [0.25, 0.3) is 0 Å². The predicted molar refractivity (Wildman–Crippen MR) is 57.3 cm³/mol. The zero-order chi connectivity index (χ0) is 10.3. The van der Waals surface area contributed by atoms with Crippen molar-refractivity contribution in [3.05, 3.63) is 0 Å². The minimum absolute atomic E-state index is 0.405. The average molecular weight is 205 g/mol. The number of carboxylic acids is 1. The van der Waals surface area contributed by atoms with Gasteiger partial charge < -0.3 is 10.4 Å². The minimum Gasteiger partial charge on any atom is -0.480 e. The van der Waals surface area contributed by atoms with Gasteiger partial charge in [0.2, 0.25) is 0 Å². The Labute approximate surface area is 84.3 Å². The van der Waals surface area contributed by atoms with Crippen molar-refractivity contribution in [1.82, 2.24) is 5.32 Å². The molecule has 0 bridgehead atoms. The molecule has 13 heavy (non-hydrogen) atoms. The molecule has 0 rings (SSSR count). The Balaban J connectivity index is 3.44. The second-order valence-electron chi connectivity index (χ2n) is 3.44. The van der Waals surface area contributed by atoms with Crippen molar-refractivity contribution < 1.29 is 9.90 Å². The van der Waals surface area contributed by atoms with E-state index < -0.39 is 12.0 Å². The van der Waals surface area contributed by atoms with E-state index in [4.69, 9.17) is 5.11 Å². The molecule has 2 N–H and O–H groups in total. The smallest absolute Gasteiger partial charge is 0.321 e. The van der Waals surface area contributed by atoms with Crippen LogP contribution in [0.4, 0.5) is 0 Å². The highest BCUT2D eigenvalue weighted by atomic mass is 32.2. The molecule has 1 atom stereocenters. The van der Waals surface area contributed by atoms with E-state index in [1.165, 1.54) is 0 Å². The summed E-state index contributed by atoms with van der Waals surface area (Å²) < 4.78 is 0. The van der Waals surface area contributed by atoms with Gasteiger partial charge in [-0.05, 0) is 25.1 Å². The molecule has 3 nitrogen and oxygen atoms in total. The highest BCUT2D eigenvalue weighted by Gasteiger charge is 2.13. The largest absolute Gasteiger partial charge is 0.480 e. The minimum atomic E-state index is -0.764. The van der Waals surface area contributed by atoms with Crippen LogP contribution in [0, 0.1) is 5.92 Å². The lowest BCUT2D eigenvalue weighted by atomic mass is 10.2. The lowest BCUT2D eigenvalue weighted by molar-refractivity contribution is -0.138. The van der Waals surface area contributed by atoms with Gasteiger partial charge in [-0.15, -0.1) is 0 Å². The molecule has 0 aromatic heterocycles. The van der Waals surface area contributed by atoms with Crippen LogP contribution < -0.4 is 5.32 Å². The molecule has 0 aromatic rings. The van der Waals surface area contributed by atoms with E-state index in [0.717, 1.165) is 12.2 Å². The van der Waals surface area contributed by atoms with Gasteiger partial charge in [-0.1, -0.05) is 13.8 Å². The monoisotopic (exact) mass is 205 g/mol. The second kappa shape index (κ2) is 7.21. The molecule has 0 spiro atoms. The Hall–Kier alpha value is -0.220. The standard InChI is InChI=1S/C9H19NO2S/c1-7(2)4-5-13-6-8(10-3)9(11)12/h7-8,10H,4-6H2,1-3H3,(H,11,12). The van der Waals surface area contributed by atoms with Crippen LogP contribution in [0.1, 0.15) is 20.3 Å². The first-order chi connectivity index (χ1) is 6.07. The Morgan fingerprint density at radius 1 is 1.54 bits per heavy atom. The zero-order valence-corrected chi connectivity index (χ0v) is 9.36. The van der Waals surface area contributed by atoms with Gasteiger partial charge in [-0.3, -0.25) is 4.79 Å². The molecule has 0 fully saturated rings. The number of likely N-dealkylation sites (N-methyl/N-ethyl adjacent to an activating group) is 1. The Kier molecular flexibility index (Phi) is 7.09. The Morgan fingerprint density at radius 2 is 2.15 bits per heavy atom. The third-order valence-electron chi connectivity index (χ3n) is 1.77. The van der Waals surface area contributed by atoms with Crippen LogP contribution >= 0.6 is 11.8 Å². The maximum Gasteiger partial charge on any atom is 0.321 e. The average Bonchev–Trinajstić information content (AvgIpc) is 2.03. The molecule has 0 aromatic carbocycles. The van der Waals surface area contributed by atoms with Crippen LogP contribution in [0.3, 0.4) is 0 Å². The van der Waals surface area contributed by atoms with Crippen molar-refractivity contribution in [2.75, 3.05) is 18.6 Å². The van der Waals surface area contributed by atoms with E-state index in [1.807, 2.05) is 0 Å². The fourth-order valence-electron chi connectivity index (χ4n) is 0.798. The number of hydrogen-bond acceptors (Lipinski definition) is 3. The zero-order valence-electron chi connectivity index (χ0n) is 8.54. The highest BCUT2D eigenvalue weighted by molar-refractivity contribution is 7.99. The Morgan fingerprint density at radius 3 is 2.54 bits per heavy atom. The van der Waals surface area contributed by atoms with Gasteiger partial charge in [-0.2, -0.15) is 11.8 Å². The van der Waals surface area contributed by atoms with Crippen LogP contribution in [-0.4, -0.2) is 35.7 Å². The van der Waals surface area contributed by atoms with E-state index in [-0.39, 0.29) is 0 Å². The van der Waals surface area contributed by atoms with Gasteiger partial charge in [0, 0.05) is 5.75 Å². The number of hydrogen-bond donors (Lipinski definition) is 2. The maximum absolute atomic E-state index is 10.6. The molecule has 0 aliphatic carbocycles. The summed E-state index contributed by atoms with van der Waals surface area (Å²) in [4.78, 5) is 10.6. The molecule has 0 aliphatic rings. The van der Waals surface area contributed by atoms with Gasteiger partial charge in [-0.25, -0.2) is 0 Å². The van der Waals surface area contributed by atoms with E-state index >= 15 is 0 Å². The third-order valence-corrected chi connectivity index (χ3v) is 2.86. The molecular weight excluding hydrogens is 186 g/mol. The number of carbonyl (C=O) groups is 1. The molecule has 0 radical (unpaired) electrons. The van der Waals surface area contributed by atoms with Crippen LogP contribution in [0.2, 0.25) is 0 Å². The van der Waals surface area contributed by atoms with Crippen molar-refractivity contribution in [2.45, 2.75) is 26.3 Å². The summed E-state index contributed by atoms with van der Waals surface area (Å²) in [5.74, 6) is 1.63. The summed E-state index contributed by atoms with van der Waals surface area (Å²) in [5.41, 5.74) is 0.